The molecule has 0 saturated carbocycles. The summed E-state index contributed by atoms with van der Waals surface area (Å²) in [6, 6.07) is 9.66. The first kappa shape index (κ1) is 13.3. The van der Waals surface area contributed by atoms with E-state index in [2.05, 4.69) is 11.8 Å². The van der Waals surface area contributed by atoms with Crippen molar-refractivity contribution in [2.45, 2.75) is 32.6 Å². The van der Waals surface area contributed by atoms with Crippen LogP contribution >= 0.6 is 0 Å². The molecule has 1 aliphatic heterocycles. The molecule has 2 rings (SSSR count). The number of carbonyl (C=O) groups excluding carboxylic acids is 1. The highest BCUT2D eigenvalue weighted by molar-refractivity contribution is 5.97. The molecule has 0 aliphatic carbocycles. The molecule has 0 N–H and O–H groups in total. The van der Waals surface area contributed by atoms with E-state index in [1.807, 2.05) is 30.3 Å². The molecule has 1 aliphatic rings. The van der Waals surface area contributed by atoms with E-state index in [-0.39, 0.29) is 11.7 Å². The Kier molecular flexibility index (Phi) is 4.94. The first-order chi connectivity index (χ1) is 8.77. The van der Waals surface area contributed by atoms with Gasteiger partial charge in [-0.25, -0.2) is 0 Å². The Morgan fingerprint density at radius 1 is 1.11 bits per heavy atom. The fraction of sp³-hybridized carbons (Fsp3) is 0.562. The summed E-state index contributed by atoms with van der Waals surface area (Å²) in [7, 11) is 0. The van der Waals surface area contributed by atoms with Crippen molar-refractivity contribution in [1.29, 1.82) is 0 Å². The topological polar surface area (TPSA) is 20.3 Å². The zero-order chi connectivity index (χ0) is 12.8. The van der Waals surface area contributed by atoms with Crippen LogP contribution in [0.15, 0.2) is 30.3 Å². The van der Waals surface area contributed by atoms with E-state index in [0.29, 0.717) is 0 Å². The molecule has 0 radical (unpaired) electrons. The first-order valence-corrected chi connectivity index (χ1v) is 7.09. The summed E-state index contributed by atoms with van der Waals surface area (Å²) in [6.07, 6.45) is 5.26. The van der Waals surface area contributed by atoms with Gasteiger partial charge in [0.1, 0.15) is 0 Å². The third kappa shape index (κ3) is 3.67. The molecule has 1 aromatic rings. The summed E-state index contributed by atoms with van der Waals surface area (Å²) in [5, 5.41) is 0. The van der Waals surface area contributed by atoms with Crippen LogP contribution in [0, 0.1) is 5.92 Å². The van der Waals surface area contributed by atoms with Crippen molar-refractivity contribution in [3.8, 4) is 0 Å². The summed E-state index contributed by atoms with van der Waals surface area (Å²) in [6.45, 7) is 5.28. The van der Waals surface area contributed by atoms with Crippen molar-refractivity contribution < 1.29 is 4.79 Å². The molecule has 1 fully saturated rings. The van der Waals surface area contributed by atoms with E-state index >= 15 is 0 Å². The first-order valence-electron chi connectivity index (χ1n) is 7.09. The van der Waals surface area contributed by atoms with Gasteiger partial charge in [0.2, 0.25) is 0 Å². The van der Waals surface area contributed by atoms with Gasteiger partial charge in [-0.3, -0.25) is 4.79 Å². The van der Waals surface area contributed by atoms with Gasteiger partial charge >= 0.3 is 0 Å². The molecule has 0 aromatic heterocycles. The van der Waals surface area contributed by atoms with Crippen LogP contribution in [-0.2, 0) is 0 Å². The van der Waals surface area contributed by atoms with E-state index in [1.54, 1.807) is 0 Å². The van der Waals surface area contributed by atoms with Crippen molar-refractivity contribution >= 4 is 5.78 Å². The van der Waals surface area contributed by atoms with Gasteiger partial charge in [0.15, 0.2) is 5.78 Å². The predicted molar refractivity (Wildman–Crippen MR) is 74.8 cm³/mol. The van der Waals surface area contributed by atoms with Gasteiger partial charge in [0.25, 0.3) is 0 Å². The second-order valence-electron chi connectivity index (χ2n) is 5.35. The Bertz CT molecular complexity index is 366. The summed E-state index contributed by atoms with van der Waals surface area (Å²) in [5.41, 5.74) is 0.847. The Morgan fingerprint density at radius 3 is 2.33 bits per heavy atom. The molecule has 2 heteroatoms. The van der Waals surface area contributed by atoms with E-state index < -0.39 is 0 Å². The Hall–Kier alpha value is -1.15. The standard InChI is InChI=1S/C16H23NO/c1-14(13-17-11-7-2-3-8-12-17)16(18)15-9-5-4-6-10-15/h4-6,9-10,14H,2-3,7-8,11-13H2,1H3/t14-/m1/s1. The van der Waals surface area contributed by atoms with Gasteiger partial charge in [0.05, 0.1) is 0 Å². The van der Waals surface area contributed by atoms with Crippen LogP contribution in [0.5, 0.6) is 0 Å². The highest BCUT2D eigenvalue weighted by Crippen LogP contribution is 2.14. The number of rotatable bonds is 4. The van der Waals surface area contributed by atoms with Crippen molar-refractivity contribution in [1.82, 2.24) is 4.90 Å². The van der Waals surface area contributed by atoms with Gasteiger partial charge in [-0.2, -0.15) is 0 Å². The zero-order valence-corrected chi connectivity index (χ0v) is 11.3. The molecule has 1 saturated heterocycles. The summed E-state index contributed by atoms with van der Waals surface area (Å²) in [5.74, 6) is 0.380. The highest BCUT2D eigenvalue weighted by Gasteiger charge is 2.19. The third-order valence-corrected chi connectivity index (χ3v) is 3.74. The predicted octanol–water partition coefficient (Wildman–Crippen LogP) is 3.38. The fourth-order valence-corrected chi connectivity index (χ4v) is 2.68. The van der Waals surface area contributed by atoms with E-state index in [1.165, 1.54) is 25.7 Å². The van der Waals surface area contributed by atoms with Crippen LogP contribution in [0.25, 0.3) is 0 Å². The molecular formula is C16H23NO. The number of hydrogen-bond donors (Lipinski definition) is 0. The Morgan fingerprint density at radius 2 is 1.72 bits per heavy atom. The molecular weight excluding hydrogens is 222 g/mol. The van der Waals surface area contributed by atoms with Gasteiger partial charge < -0.3 is 4.90 Å². The minimum Gasteiger partial charge on any atom is -0.303 e. The normalized spacial score (nSPS) is 19.2. The molecule has 0 amide bonds. The molecule has 1 aromatic carbocycles. The minimum atomic E-state index is 0.102. The van der Waals surface area contributed by atoms with Gasteiger partial charge in [0, 0.05) is 18.0 Å². The molecule has 1 heterocycles. The van der Waals surface area contributed by atoms with Gasteiger partial charge in [-0.05, 0) is 25.9 Å². The molecule has 0 bridgehead atoms. The number of Topliss-reactive ketones (excluding diaryl/α,β-unsaturated/α-hetero) is 1. The largest absolute Gasteiger partial charge is 0.303 e. The lowest BCUT2D eigenvalue weighted by molar-refractivity contribution is 0.0895. The minimum absolute atomic E-state index is 0.102. The van der Waals surface area contributed by atoms with Crippen LogP contribution in [0.2, 0.25) is 0 Å². The maximum Gasteiger partial charge on any atom is 0.166 e. The van der Waals surface area contributed by atoms with Crippen LogP contribution < -0.4 is 0 Å². The average Bonchev–Trinajstić information content (AvgIpc) is 2.67. The highest BCUT2D eigenvalue weighted by atomic mass is 16.1. The lowest BCUT2D eigenvalue weighted by Crippen LogP contribution is -2.32. The molecule has 1 atom stereocenters. The number of benzene rings is 1. The SMILES string of the molecule is C[C@H](CN1CCCCCC1)C(=O)c1ccccc1. The van der Waals surface area contributed by atoms with Gasteiger partial charge in [-0.15, -0.1) is 0 Å². The van der Waals surface area contributed by atoms with Gasteiger partial charge in [-0.1, -0.05) is 50.1 Å². The second-order valence-corrected chi connectivity index (χ2v) is 5.35. The molecule has 18 heavy (non-hydrogen) atoms. The quantitative estimate of drug-likeness (QED) is 0.758. The maximum atomic E-state index is 12.3. The van der Waals surface area contributed by atoms with E-state index in [4.69, 9.17) is 0 Å². The zero-order valence-electron chi connectivity index (χ0n) is 11.3. The average molecular weight is 245 g/mol. The lowest BCUT2D eigenvalue weighted by Gasteiger charge is -2.23. The number of hydrogen-bond acceptors (Lipinski definition) is 2. The van der Waals surface area contributed by atoms with Crippen molar-refractivity contribution in [3.63, 3.8) is 0 Å². The van der Waals surface area contributed by atoms with E-state index in [9.17, 15) is 4.79 Å². The Balaban J connectivity index is 1.90. The Labute approximate surface area is 110 Å². The molecule has 98 valence electrons. The maximum absolute atomic E-state index is 12.3. The number of likely N-dealkylation sites (tertiary alicyclic amines) is 1. The number of nitrogens with zero attached hydrogens (tertiary/aromatic N) is 1. The van der Waals surface area contributed by atoms with Crippen LogP contribution in [0.3, 0.4) is 0 Å². The van der Waals surface area contributed by atoms with E-state index in [0.717, 1.165) is 25.2 Å². The number of carbonyl (C=O) groups is 1. The summed E-state index contributed by atoms with van der Waals surface area (Å²) < 4.78 is 0. The van der Waals surface area contributed by atoms with Crippen molar-refractivity contribution in [3.05, 3.63) is 35.9 Å². The monoisotopic (exact) mass is 245 g/mol. The molecule has 0 spiro atoms. The van der Waals surface area contributed by atoms with Crippen LogP contribution in [0.1, 0.15) is 43.0 Å². The van der Waals surface area contributed by atoms with Crippen LogP contribution in [0.4, 0.5) is 0 Å². The summed E-state index contributed by atoms with van der Waals surface area (Å²) >= 11 is 0. The smallest absolute Gasteiger partial charge is 0.166 e. The second kappa shape index (κ2) is 6.69. The third-order valence-electron chi connectivity index (χ3n) is 3.74. The summed E-state index contributed by atoms with van der Waals surface area (Å²) in [4.78, 5) is 14.7. The fourth-order valence-electron chi connectivity index (χ4n) is 2.68. The lowest BCUT2D eigenvalue weighted by atomic mass is 9.99. The number of ketones is 1. The molecule has 0 unspecified atom stereocenters. The molecule has 2 nitrogen and oxygen atoms in total. The van der Waals surface area contributed by atoms with Crippen molar-refractivity contribution in [2.75, 3.05) is 19.6 Å². The van der Waals surface area contributed by atoms with Crippen LogP contribution in [-0.4, -0.2) is 30.3 Å². The van der Waals surface area contributed by atoms with Crippen molar-refractivity contribution in [2.24, 2.45) is 5.92 Å².